The van der Waals surface area contributed by atoms with Crippen LogP contribution in [0.25, 0.3) is 0 Å². The number of hydrogen-bond donors (Lipinski definition) is 2. The largest absolute Gasteiger partial charge is 0.351 e. The Morgan fingerprint density at radius 1 is 1.30 bits per heavy atom. The zero-order valence-electron chi connectivity index (χ0n) is 12.3. The third-order valence-corrected chi connectivity index (χ3v) is 3.97. The molecule has 0 fully saturated rings. The highest BCUT2D eigenvalue weighted by Crippen LogP contribution is 2.25. The minimum Gasteiger partial charge on any atom is -0.351 e. The molecule has 8 heteroatoms. The molecule has 2 N–H and O–H groups in total. The summed E-state index contributed by atoms with van der Waals surface area (Å²) in [5.41, 5.74) is -0.241. The third-order valence-electron chi connectivity index (χ3n) is 2.00. The molecule has 0 radical (unpaired) electrons. The fourth-order valence-electron chi connectivity index (χ4n) is 1.15. The van der Waals surface area contributed by atoms with Crippen molar-refractivity contribution in [3.05, 3.63) is 0 Å². The Kier molecular flexibility index (Phi) is 5.94. The number of rotatable bonds is 5. The van der Waals surface area contributed by atoms with Gasteiger partial charge < -0.3 is 10.6 Å². The second-order valence-corrected chi connectivity index (χ2v) is 7.80. The van der Waals surface area contributed by atoms with Gasteiger partial charge in [-0.25, -0.2) is 0 Å². The van der Waals surface area contributed by atoms with E-state index < -0.39 is 0 Å². The molecular weight excluding hydrogens is 296 g/mol. The Labute approximate surface area is 127 Å². The maximum absolute atomic E-state index is 11.7. The average Bonchev–Trinajstić information content (AvgIpc) is 2.71. The Bertz CT molecular complexity index is 480. The summed E-state index contributed by atoms with van der Waals surface area (Å²) >= 11 is 2.57. The number of amides is 2. The highest BCUT2D eigenvalue weighted by molar-refractivity contribution is 8.01. The Morgan fingerprint density at radius 3 is 2.50 bits per heavy atom. The van der Waals surface area contributed by atoms with E-state index in [1.807, 2.05) is 34.6 Å². The average molecular weight is 316 g/mol. The summed E-state index contributed by atoms with van der Waals surface area (Å²) in [4.78, 5) is 23.2. The van der Waals surface area contributed by atoms with Crippen LogP contribution in [0.4, 0.5) is 5.13 Å². The number of thioether (sulfide) groups is 1. The maximum Gasteiger partial charge on any atom is 0.230 e. The van der Waals surface area contributed by atoms with Crippen LogP contribution in [-0.2, 0) is 9.59 Å². The van der Waals surface area contributed by atoms with Crippen molar-refractivity contribution in [3.63, 3.8) is 0 Å². The van der Waals surface area contributed by atoms with Gasteiger partial charge in [-0.15, -0.1) is 10.2 Å². The Morgan fingerprint density at radius 2 is 1.95 bits per heavy atom. The van der Waals surface area contributed by atoms with Crippen molar-refractivity contribution in [2.24, 2.45) is 5.92 Å². The van der Waals surface area contributed by atoms with Crippen molar-refractivity contribution >= 4 is 40.0 Å². The van der Waals surface area contributed by atoms with E-state index >= 15 is 0 Å². The summed E-state index contributed by atoms with van der Waals surface area (Å²) in [5.74, 6) is 0.0329. The molecule has 0 bridgehead atoms. The quantitative estimate of drug-likeness (QED) is 0.642. The minimum atomic E-state index is -0.241. The monoisotopic (exact) mass is 316 g/mol. The molecule has 0 aliphatic carbocycles. The summed E-state index contributed by atoms with van der Waals surface area (Å²) in [7, 11) is 0. The number of anilines is 1. The van der Waals surface area contributed by atoms with E-state index in [9.17, 15) is 9.59 Å². The molecule has 112 valence electrons. The fraction of sp³-hybridized carbons (Fsp3) is 0.667. The van der Waals surface area contributed by atoms with Gasteiger partial charge in [0.1, 0.15) is 0 Å². The highest BCUT2D eigenvalue weighted by atomic mass is 32.2. The van der Waals surface area contributed by atoms with Crippen LogP contribution in [-0.4, -0.2) is 33.3 Å². The van der Waals surface area contributed by atoms with Gasteiger partial charge in [0, 0.05) is 11.5 Å². The number of carbonyl (C=O) groups excluding carboxylic acids is 2. The number of carbonyl (C=O) groups is 2. The van der Waals surface area contributed by atoms with Gasteiger partial charge in [-0.1, -0.05) is 36.9 Å². The van der Waals surface area contributed by atoms with Crippen LogP contribution in [0.1, 0.15) is 34.6 Å². The first-order valence-electron chi connectivity index (χ1n) is 6.25. The molecule has 0 aliphatic heterocycles. The lowest BCUT2D eigenvalue weighted by molar-refractivity contribution is -0.120. The predicted octanol–water partition coefficient (Wildman–Crippen LogP) is 2.14. The highest BCUT2D eigenvalue weighted by Gasteiger charge is 2.15. The molecule has 1 aromatic heterocycles. The van der Waals surface area contributed by atoms with Gasteiger partial charge in [-0.3, -0.25) is 9.59 Å². The summed E-state index contributed by atoms with van der Waals surface area (Å²) in [6, 6.07) is 0. The fourth-order valence-corrected chi connectivity index (χ4v) is 2.70. The zero-order chi connectivity index (χ0) is 15.3. The maximum atomic E-state index is 11.7. The van der Waals surface area contributed by atoms with Crippen LogP contribution in [0.3, 0.4) is 0 Å². The van der Waals surface area contributed by atoms with Gasteiger partial charge in [0.05, 0.1) is 5.75 Å². The molecule has 0 spiro atoms. The topological polar surface area (TPSA) is 84.0 Å². The molecule has 0 atom stereocenters. The molecule has 0 aliphatic rings. The van der Waals surface area contributed by atoms with E-state index in [0.717, 1.165) is 0 Å². The Hall–Kier alpha value is -1.15. The molecular formula is C12H20N4O2S2. The molecule has 1 aromatic rings. The van der Waals surface area contributed by atoms with E-state index in [2.05, 4.69) is 20.8 Å². The van der Waals surface area contributed by atoms with Crippen molar-refractivity contribution in [2.75, 3.05) is 11.1 Å². The van der Waals surface area contributed by atoms with E-state index in [1.54, 1.807) is 0 Å². The summed E-state index contributed by atoms with van der Waals surface area (Å²) in [6.07, 6.45) is 0. The second-order valence-electron chi connectivity index (χ2n) is 5.60. The van der Waals surface area contributed by atoms with Crippen molar-refractivity contribution in [1.29, 1.82) is 0 Å². The number of nitrogens with zero attached hydrogens (tertiary/aromatic N) is 2. The molecule has 1 rings (SSSR count). The van der Waals surface area contributed by atoms with Crippen molar-refractivity contribution in [1.82, 2.24) is 15.5 Å². The van der Waals surface area contributed by atoms with Crippen LogP contribution in [0.15, 0.2) is 4.34 Å². The lowest BCUT2D eigenvalue weighted by Crippen LogP contribution is -2.41. The first kappa shape index (κ1) is 16.9. The van der Waals surface area contributed by atoms with Gasteiger partial charge in [-0.2, -0.15) is 0 Å². The zero-order valence-corrected chi connectivity index (χ0v) is 13.9. The molecule has 2 amide bonds. The third kappa shape index (κ3) is 6.33. The SMILES string of the molecule is CC(C)C(=O)Nc1nnc(SCC(=O)NC(C)(C)C)s1. The van der Waals surface area contributed by atoms with Crippen LogP contribution in [0.2, 0.25) is 0 Å². The smallest absolute Gasteiger partial charge is 0.230 e. The molecule has 1 heterocycles. The van der Waals surface area contributed by atoms with E-state index in [-0.39, 0.29) is 29.0 Å². The standard InChI is InChI=1S/C12H20N4O2S2/c1-7(2)9(18)13-10-15-16-11(20-10)19-6-8(17)14-12(3,4)5/h7H,6H2,1-5H3,(H,14,17)(H,13,15,18). The first-order chi connectivity index (χ1) is 9.17. The second kappa shape index (κ2) is 7.03. The van der Waals surface area contributed by atoms with Crippen LogP contribution >= 0.6 is 23.1 Å². The normalized spacial score (nSPS) is 11.5. The molecule has 20 heavy (non-hydrogen) atoms. The predicted molar refractivity (Wildman–Crippen MR) is 82.0 cm³/mol. The lowest BCUT2D eigenvalue weighted by Gasteiger charge is -2.19. The lowest BCUT2D eigenvalue weighted by atomic mass is 10.1. The molecule has 0 aromatic carbocycles. The summed E-state index contributed by atoms with van der Waals surface area (Å²) in [5, 5.41) is 13.8. The van der Waals surface area contributed by atoms with Crippen LogP contribution in [0, 0.1) is 5.92 Å². The van der Waals surface area contributed by atoms with Gasteiger partial charge in [0.25, 0.3) is 0 Å². The van der Waals surface area contributed by atoms with Gasteiger partial charge in [-0.05, 0) is 20.8 Å². The van der Waals surface area contributed by atoms with Crippen molar-refractivity contribution < 1.29 is 9.59 Å². The number of nitrogens with one attached hydrogen (secondary N) is 2. The van der Waals surface area contributed by atoms with Crippen molar-refractivity contribution in [2.45, 2.75) is 44.5 Å². The minimum absolute atomic E-state index is 0.0505. The van der Waals surface area contributed by atoms with Crippen LogP contribution < -0.4 is 10.6 Å². The molecule has 0 unspecified atom stereocenters. The van der Waals surface area contributed by atoms with Gasteiger partial charge in [0.2, 0.25) is 16.9 Å². The molecule has 0 saturated carbocycles. The van der Waals surface area contributed by atoms with Gasteiger partial charge >= 0.3 is 0 Å². The summed E-state index contributed by atoms with van der Waals surface area (Å²) in [6.45, 7) is 9.41. The molecule has 0 saturated heterocycles. The molecule has 6 nitrogen and oxygen atoms in total. The first-order valence-corrected chi connectivity index (χ1v) is 8.06. The van der Waals surface area contributed by atoms with Crippen LogP contribution in [0.5, 0.6) is 0 Å². The Balaban J connectivity index is 2.45. The van der Waals surface area contributed by atoms with E-state index in [1.165, 1.54) is 23.1 Å². The summed E-state index contributed by atoms with van der Waals surface area (Å²) < 4.78 is 0.660. The van der Waals surface area contributed by atoms with E-state index in [0.29, 0.717) is 9.47 Å². The number of hydrogen-bond acceptors (Lipinski definition) is 6. The van der Waals surface area contributed by atoms with Crippen molar-refractivity contribution in [3.8, 4) is 0 Å². The van der Waals surface area contributed by atoms with E-state index in [4.69, 9.17) is 0 Å². The number of aromatic nitrogens is 2. The van der Waals surface area contributed by atoms with Gasteiger partial charge in [0.15, 0.2) is 4.34 Å².